The molecule has 0 radical (unpaired) electrons. The van der Waals surface area contributed by atoms with Crippen molar-refractivity contribution in [1.82, 2.24) is 0 Å². The molecule has 13 rings (SSSR count). The van der Waals surface area contributed by atoms with Crippen molar-refractivity contribution >= 4 is 45.3 Å². The first-order valence-electron chi connectivity index (χ1n) is 24.3. The minimum absolute atomic E-state index is 0.112. The molecule has 11 aromatic rings. The highest BCUT2D eigenvalue weighted by Crippen LogP contribution is 2.55. The third-order valence-corrected chi connectivity index (χ3v) is 14.4. The van der Waals surface area contributed by atoms with E-state index in [1.54, 1.807) is 0 Å². The van der Waals surface area contributed by atoms with Gasteiger partial charge in [0.15, 0.2) is 0 Å². The zero-order chi connectivity index (χ0) is 46.4. The second-order valence-electron chi connectivity index (χ2n) is 18.4. The summed E-state index contributed by atoms with van der Waals surface area (Å²) in [5, 5.41) is 2.43. The highest BCUT2D eigenvalue weighted by molar-refractivity contribution is 6.01. The third-order valence-electron chi connectivity index (χ3n) is 14.4. The first-order chi connectivity index (χ1) is 34.7. The van der Waals surface area contributed by atoms with Gasteiger partial charge in [0, 0.05) is 39.7 Å². The normalized spacial score (nSPS) is 14.5. The smallest absolute Gasteiger partial charge is 0.0636 e. The van der Waals surface area contributed by atoms with Gasteiger partial charge in [-0.3, -0.25) is 0 Å². The van der Waals surface area contributed by atoms with Crippen molar-refractivity contribution in [2.75, 3.05) is 9.80 Å². The maximum atomic E-state index is 2.60. The summed E-state index contributed by atoms with van der Waals surface area (Å²) in [7, 11) is 0. The molecule has 0 spiro atoms. The van der Waals surface area contributed by atoms with Gasteiger partial charge in [-0.05, 0) is 115 Å². The summed E-state index contributed by atoms with van der Waals surface area (Å²) in [6.07, 6.45) is 4.75. The van der Waals surface area contributed by atoms with Crippen molar-refractivity contribution in [3.63, 3.8) is 0 Å². The van der Waals surface area contributed by atoms with Crippen LogP contribution in [0.2, 0.25) is 0 Å². The molecule has 2 atom stereocenters. The van der Waals surface area contributed by atoms with E-state index in [0.29, 0.717) is 0 Å². The monoisotopic (exact) mass is 892 g/mol. The van der Waals surface area contributed by atoms with Crippen molar-refractivity contribution in [3.05, 3.63) is 290 Å². The largest absolute Gasteiger partial charge is 0.333 e. The van der Waals surface area contributed by atoms with E-state index in [1.165, 1.54) is 77.8 Å². The van der Waals surface area contributed by atoms with Crippen LogP contribution < -0.4 is 9.80 Å². The van der Waals surface area contributed by atoms with Crippen LogP contribution in [-0.4, -0.2) is 6.04 Å². The van der Waals surface area contributed by atoms with Gasteiger partial charge in [-0.25, -0.2) is 0 Å². The Hall–Kier alpha value is -8.98. The summed E-state index contributed by atoms with van der Waals surface area (Å²) in [6, 6.07) is 98.1. The van der Waals surface area contributed by atoms with Crippen LogP contribution in [0.1, 0.15) is 22.6 Å². The van der Waals surface area contributed by atoms with E-state index in [-0.39, 0.29) is 12.0 Å². The van der Waals surface area contributed by atoms with Crippen molar-refractivity contribution in [2.24, 2.45) is 0 Å². The average molecular weight is 893 g/mol. The number of hydrogen-bond donors (Lipinski definition) is 0. The minimum atomic E-state index is 0.112. The molecule has 2 unspecified atom stereocenters. The molecule has 0 bridgehead atoms. The van der Waals surface area contributed by atoms with E-state index in [9.17, 15) is 0 Å². The summed E-state index contributed by atoms with van der Waals surface area (Å²) >= 11 is 0. The van der Waals surface area contributed by atoms with Crippen LogP contribution in [-0.2, 0) is 0 Å². The molecule has 11 aromatic carbocycles. The fraction of sp³-hybridized carbons (Fsp3) is 0.0294. The Kier molecular flexibility index (Phi) is 10.4. The summed E-state index contributed by atoms with van der Waals surface area (Å²) in [5.41, 5.74) is 21.4. The van der Waals surface area contributed by atoms with Crippen molar-refractivity contribution in [2.45, 2.75) is 12.0 Å². The minimum Gasteiger partial charge on any atom is -0.333 e. The van der Waals surface area contributed by atoms with Gasteiger partial charge in [0.2, 0.25) is 0 Å². The lowest BCUT2D eigenvalue weighted by molar-refractivity contribution is 0.725. The van der Waals surface area contributed by atoms with E-state index in [1.807, 2.05) is 0 Å². The first-order valence-corrected chi connectivity index (χ1v) is 24.3. The van der Waals surface area contributed by atoms with Gasteiger partial charge in [0.1, 0.15) is 0 Å². The zero-order valence-corrected chi connectivity index (χ0v) is 38.6. The van der Waals surface area contributed by atoms with Crippen LogP contribution in [0, 0.1) is 0 Å². The fourth-order valence-electron chi connectivity index (χ4n) is 11.2. The number of anilines is 5. The maximum Gasteiger partial charge on any atom is 0.0636 e. The molecule has 1 heterocycles. The van der Waals surface area contributed by atoms with Crippen molar-refractivity contribution in [1.29, 1.82) is 0 Å². The van der Waals surface area contributed by atoms with Crippen LogP contribution >= 0.6 is 0 Å². The lowest BCUT2D eigenvalue weighted by Crippen LogP contribution is -2.31. The van der Waals surface area contributed by atoms with Crippen LogP contribution in [0.25, 0.3) is 72.5 Å². The summed E-state index contributed by atoms with van der Waals surface area (Å²) in [4.78, 5) is 5.12. The Labute approximate surface area is 410 Å². The summed E-state index contributed by atoms with van der Waals surface area (Å²) in [5.74, 6) is 0.212. The predicted octanol–water partition coefficient (Wildman–Crippen LogP) is 18.3. The molecule has 2 nitrogen and oxygen atoms in total. The van der Waals surface area contributed by atoms with Gasteiger partial charge >= 0.3 is 0 Å². The highest BCUT2D eigenvalue weighted by atomic mass is 15.2. The Morgan fingerprint density at radius 2 is 0.900 bits per heavy atom. The van der Waals surface area contributed by atoms with Gasteiger partial charge < -0.3 is 9.80 Å². The number of hydrogen-bond acceptors (Lipinski definition) is 2. The molecule has 2 heteroatoms. The molecule has 0 saturated heterocycles. The average Bonchev–Trinajstić information content (AvgIpc) is 3.79. The summed E-state index contributed by atoms with van der Waals surface area (Å²) < 4.78 is 0. The molecule has 330 valence electrons. The SMILES string of the molecule is C1=CC2C(c3ccccc31)c1ccccc1N2c1ccccc1-c1ccccc1N(c1ccc(-c2ccccc2)c(-c2ccccc2)c1)c1ccc(-c2ccccc2)cc1-c1ccc2ccccc2c1. The van der Waals surface area contributed by atoms with E-state index < -0.39 is 0 Å². The maximum absolute atomic E-state index is 2.60. The lowest BCUT2D eigenvalue weighted by Gasteiger charge is -2.34. The van der Waals surface area contributed by atoms with E-state index in [2.05, 4.69) is 289 Å². The topological polar surface area (TPSA) is 6.48 Å². The van der Waals surface area contributed by atoms with Crippen molar-refractivity contribution < 1.29 is 0 Å². The zero-order valence-electron chi connectivity index (χ0n) is 38.6. The van der Waals surface area contributed by atoms with Crippen molar-refractivity contribution in [3.8, 4) is 55.6 Å². The van der Waals surface area contributed by atoms with Gasteiger partial charge in [0.25, 0.3) is 0 Å². The Bertz CT molecular complexity index is 3740. The second kappa shape index (κ2) is 17.6. The Balaban J connectivity index is 1.07. The molecule has 0 fully saturated rings. The molecule has 0 aromatic heterocycles. The molecule has 1 aliphatic heterocycles. The molecule has 0 N–H and O–H groups in total. The fourth-order valence-corrected chi connectivity index (χ4v) is 11.2. The third kappa shape index (κ3) is 7.21. The van der Waals surface area contributed by atoms with Gasteiger partial charge in [-0.2, -0.15) is 0 Å². The van der Waals surface area contributed by atoms with Gasteiger partial charge in [-0.1, -0.05) is 231 Å². The van der Waals surface area contributed by atoms with Crippen LogP contribution in [0.15, 0.2) is 273 Å². The summed E-state index contributed by atoms with van der Waals surface area (Å²) in [6.45, 7) is 0. The Morgan fingerprint density at radius 3 is 1.69 bits per heavy atom. The first kappa shape index (κ1) is 41.2. The predicted molar refractivity (Wildman–Crippen MR) is 295 cm³/mol. The number of fused-ring (bicyclic) bond motifs is 6. The van der Waals surface area contributed by atoms with Gasteiger partial charge in [-0.15, -0.1) is 0 Å². The van der Waals surface area contributed by atoms with Crippen LogP contribution in [0.5, 0.6) is 0 Å². The lowest BCUT2D eigenvalue weighted by atomic mass is 9.81. The highest BCUT2D eigenvalue weighted by Gasteiger charge is 2.41. The standard InChI is InChI=1S/C68H48N2/c1-4-20-47(21-5-1)53-39-42-66(62(45-53)54-37-36-48-22-10-11-28-52(48)44-54)69(55-40-41-56(49-23-6-2-7-24-49)61(46-55)50-25-8-3-9-26-50)63-33-17-14-30-58(63)59-31-15-18-34-64(59)70-65-35-19-16-32-60(65)68-57-29-13-12-27-51(57)38-43-67(68)70/h1-46,67-68H. The second-order valence-corrected chi connectivity index (χ2v) is 18.4. The van der Waals surface area contributed by atoms with E-state index in [0.717, 1.165) is 33.8 Å². The number of para-hydroxylation sites is 3. The molecule has 0 amide bonds. The molecule has 70 heavy (non-hydrogen) atoms. The number of benzene rings is 11. The molecular weight excluding hydrogens is 845 g/mol. The molecule has 0 saturated carbocycles. The quantitative estimate of drug-likeness (QED) is 0.142. The molecule has 1 aliphatic carbocycles. The Morgan fingerprint density at radius 1 is 0.314 bits per heavy atom. The molecular formula is C68H48N2. The number of nitrogens with zero attached hydrogens (tertiary/aromatic N) is 2. The number of rotatable bonds is 9. The van der Waals surface area contributed by atoms with E-state index in [4.69, 9.17) is 0 Å². The van der Waals surface area contributed by atoms with Crippen LogP contribution in [0.4, 0.5) is 28.4 Å². The van der Waals surface area contributed by atoms with E-state index >= 15 is 0 Å². The van der Waals surface area contributed by atoms with Gasteiger partial charge in [0.05, 0.1) is 17.4 Å². The molecule has 2 aliphatic rings. The van der Waals surface area contributed by atoms with Crippen LogP contribution in [0.3, 0.4) is 0 Å².